The highest BCUT2D eigenvalue weighted by molar-refractivity contribution is 7.42. The Labute approximate surface area is 58.8 Å². The quantitative estimate of drug-likeness (QED) is 0.454. The van der Waals surface area contributed by atoms with E-state index in [4.69, 9.17) is 5.41 Å². The molecule has 1 atom stereocenters. The van der Waals surface area contributed by atoms with Crippen LogP contribution in [0.1, 0.15) is 20.8 Å². The maximum atomic E-state index is 7.28. The van der Waals surface area contributed by atoms with Crippen LogP contribution in [0.15, 0.2) is 10.9 Å². The molecule has 0 aliphatic carbocycles. The molecule has 0 aliphatic rings. The van der Waals surface area contributed by atoms with Crippen LogP contribution in [0, 0.1) is 5.41 Å². The van der Waals surface area contributed by atoms with E-state index in [1.165, 1.54) is 5.31 Å². The molecule has 1 unspecified atom stereocenters. The third-order valence-electron chi connectivity index (χ3n) is 1.50. The Kier molecular flexibility index (Phi) is 3.72. The highest BCUT2D eigenvalue weighted by Crippen LogP contribution is 2.21. The zero-order chi connectivity index (χ0) is 7.44. The van der Waals surface area contributed by atoms with Crippen LogP contribution < -0.4 is 0 Å². The smallest absolute Gasteiger partial charge is 0.0315 e. The van der Waals surface area contributed by atoms with Gasteiger partial charge < -0.3 is 5.41 Å². The van der Waals surface area contributed by atoms with E-state index in [1.807, 2.05) is 13.8 Å². The molecule has 2 heteroatoms. The first-order valence-electron chi connectivity index (χ1n) is 3.00. The summed E-state index contributed by atoms with van der Waals surface area (Å²) in [5.74, 6) is 0. The van der Waals surface area contributed by atoms with Crippen LogP contribution in [-0.4, -0.2) is 12.4 Å². The first-order valence-corrected chi connectivity index (χ1v) is 4.50. The van der Waals surface area contributed by atoms with E-state index < -0.39 is 0 Å². The summed E-state index contributed by atoms with van der Waals surface area (Å²) in [4.78, 5) is 0. The molecule has 0 heterocycles. The summed E-state index contributed by atoms with van der Waals surface area (Å²) in [5.41, 5.74) is 1.85. The zero-order valence-corrected chi connectivity index (χ0v) is 7.50. The van der Waals surface area contributed by atoms with E-state index in [2.05, 4.69) is 13.6 Å². The average Bonchev–Trinajstić information content (AvgIpc) is 1.84. The van der Waals surface area contributed by atoms with Crippen molar-refractivity contribution in [3.63, 3.8) is 0 Å². The first-order chi connectivity index (χ1) is 4.09. The van der Waals surface area contributed by atoms with Crippen molar-refractivity contribution in [2.24, 2.45) is 0 Å². The van der Waals surface area contributed by atoms with Gasteiger partial charge in [0.1, 0.15) is 0 Å². The van der Waals surface area contributed by atoms with Crippen molar-refractivity contribution in [2.45, 2.75) is 20.8 Å². The van der Waals surface area contributed by atoms with Gasteiger partial charge in [-0.3, -0.25) is 0 Å². The van der Waals surface area contributed by atoms with Crippen molar-refractivity contribution in [3.05, 3.63) is 10.9 Å². The summed E-state index contributed by atoms with van der Waals surface area (Å²) in [6.07, 6.45) is 0. The fourth-order valence-electron chi connectivity index (χ4n) is 0.469. The van der Waals surface area contributed by atoms with Crippen molar-refractivity contribution in [1.82, 2.24) is 0 Å². The number of allylic oxidation sites excluding steroid dienone is 2. The zero-order valence-electron chi connectivity index (χ0n) is 6.50. The third kappa shape index (κ3) is 2.76. The molecule has 0 aromatic heterocycles. The van der Waals surface area contributed by atoms with E-state index in [0.29, 0.717) is 5.71 Å². The Hall–Kier alpha value is -0.160. The molecule has 1 nitrogen and oxygen atoms in total. The fraction of sp³-hybridized carbons (Fsp3) is 0.571. The molecule has 0 aromatic rings. The second kappa shape index (κ2) is 3.79. The molecule has 0 radical (unpaired) electrons. The Morgan fingerprint density at radius 1 is 1.22 bits per heavy atom. The minimum absolute atomic E-state index is 0.696. The monoisotopic (exact) mass is 143 g/mol. The van der Waals surface area contributed by atoms with Gasteiger partial charge in [0.15, 0.2) is 0 Å². The van der Waals surface area contributed by atoms with Crippen LogP contribution in [-0.2, 0) is 0 Å². The summed E-state index contributed by atoms with van der Waals surface area (Å²) in [6, 6.07) is 0. The highest BCUT2D eigenvalue weighted by atomic mass is 31.1. The van der Waals surface area contributed by atoms with Crippen LogP contribution in [0.4, 0.5) is 0 Å². The van der Waals surface area contributed by atoms with Gasteiger partial charge in [-0.05, 0) is 38.3 Å². The van der Waals surface area contributed by atoms with Crippen LogP contribution in [0.25, 0.3) is 0 Å². The van der Waals surface area contributed by atoms with Crippen molar-refractivity contribution < 1.29 is 0 Å². The van der Waals surface area contributed by atoms with Gasteiger partial charge in [-0.25, -0.2) is 0 Å². The summed E-state index contributed by atoms with van der Waals surface area (Å²) >= 11 is 0. The van der Waals surface area contributed by atoms with Gasteiger partial charge in [-0.15, -0.1) is 0 Å². The van der Waals surface area contributed by atoms with E-state index in [1.54, 1.807) is 0 Å². The fourth-order valence-corrected chi connectivity index (χ4v) is 1.03. The van der Waals surface area contributed by atoms with E-state index in [9.17, 15) is 0 Å². The van der Waals surface area contributed by atoms with Gasteiger partial charge in [0.05, 0.1) is 0 Å². The lowest BCUT2D eigenvalue weighted by atomic mass is 10.2. The van der Waals surface area contributed by atoms with Crippen molar-refractivity contribution in [1.29, 1.82) is 5.41 Å². The Morgan fingerprint density at radius 3 is 1.78 bits per heavy atom. The molecule has 0 aliphatic heterocycles. The second-order valence-electron chi connectivity index (χ2n) is 2.12. The second-order valence-corrected chi connectivity index (χ2v) is 3.38. The van der Waals surface area contributed by atoms with Crippen molar-refractivity contribution in [2.75, 3.05) is 6.66 Å². The van der Waals surface area contributed by atoms with E-state index >= 15 is 0 Å². The number of hydrogen-bond donors (Lipinski definition) is 1. The number of hydrogen-bond acceptors (Lipinski definition) is 1. The maximum absolute atomic E-state index is 7.28. The highest BCUT2D eigenvalue weighted by Gasteiger charge is 1.94. The first kappa shape index (κ1) is 8.84. The maximum Gasteiger partial charge on any atom is 0.0315 e. The van der Waals surface area contributed by atoms with Gasteiger partial charge in [0.25, 0.3) is 0 Å². The molecule has 0 saturated carbocycles. The molecule has 0 rings (SSSR count). The largest absolute Gasteiger partial charge is 0.305 e. The van der Waals surface area contributed by atoms with Gasteiger partial charge >= 0.3 is 0 Å². The summed E-state index contributed by atoms with van der Waals surface area (Å²) in [7, 11) is 0.843. The molecule has 0 saturated heterocycles. The molecule has 52 valence electrons. The third-order valence-corrected chi connectivity index (χ3v) is 2.62. The minimum atomic E-state index is 0.696. The summed E-state index contributed by atoms with van der Waals surface area (Å²) in [6.45, 7) is 8.07. The average molecular weight is 143 g/mol. The van der Waals surface area contributed by atoms with E-state index in [-0.39, 0.29) is 0 Å². The van der Waals surface area contributed by atoms with Crippen molar-refractivity contribution >= 4 is 14.3 Å². The molecule has 0 amide bonds. The molecular formula is C7H14NP. The van der Waals surface area contributed by atoms with Gasteiger partial charge in [-0.1, -0.05) is 8.58 Å². The van der Waals surface area contributed by atoms with Crippen LogP contribution in [0.5, 0.6) is 0 Å². The van der Waals surface area contributed by atoms with E-state index in [0.717, 1.165) is 14.2 Å². The minimum Gasteiger partial charge on any atom is -0.305 e. The van der Waals surface area contributed by atoms with Crippen LogP contribution in [0.3, 0.4) is 0 Å². The lowest BCUT2D eigenvalue weighted by Gasteiger charge is -2.01. The lowest BCUT2D eigenvalue weighted by molar-refractivity contribution is 1.39. The standard InChI is InChI=1S/C7H14NP/c1-5(6(2)8)7(3)9-4/h8-9H,1-4H3/b7-5+,8-6?. The topological polar surface area (TPSA) is 23.9 Å². The Balaban J connectivity index is 4.28. The molecule has 1 N–H and O–H groups in total. The van der Waals surface area contributed by atoms with Gasteiger partial charge in [0.2, 0.25) is 0 Å². The van der Waals surface area contributed by atoms with Crippen molar-refractivity contribution in [3.8, 4) is 0 Å². The lowest BCUT2D eigenvalue weighted by Crippen LogP contribution is -1.91. The predicted molar refractivity (Wildman–Crippen MR) is 46.0 cm³/mol. The van der Waals surface area contributed by atoms with Gasteiger partial charge in [-0.2, -0.15) is 0 Å². The Morgan fingerprint density at radius 2 is 1.67 bits per heavy atom. The molecular weight excluding hydrogens is 129 g/mol. The molecule has 0 bridgehead atoms. The molecule has 9 heavy (non-hydrogen) atoms. The van der Waals surface area contributed by atoms with Crippen LogP contribution in [0.2, 0.25) is 0 Å². The molecule has 0 spiro atoms. The van der Waals surface area contributed by atoms with Gasteiger partial charge in [0, 0.05) is 5.71 Å². The molecule has 0 aromatic carbocycles. The predicted octanol–water partition coefficient (Wildman–Crippen LogP) is 2.63. The normalized spacial score (nSPS) is 14.2. The Bertz CT molecular complexity index is 147. The summed E-state index contributed by atoms with van der Waals surface area (Å²) in [5, 5.41) is 8.63. The number of rotatable bonds is 2. The molecule has 0 fully saturated rings. The number of nitrogens with one attached hydrogen (secondary N) is 1. The summed E-state index contributed by atoms with van der Waals surface area (Å²) < 4.78 is 0. The van der Waals surface area contributed by atoms with Crippen LogP contribution >= 0.6 is 8.58 Å². The SMILES string of the molecule is CP/C(C)=C(\C)C(C)=N.